The molecule has 0 unspecified atom stereocenters. The molecule has 2 heterocycles. The van der Waals surface area contributed by atoms with E-state index in [0.717, 1.165) is 10.4 Å². The molecule has 4 nitrogen and oxygen atoms in total. The zero-order valence-corrected chi connectivity index (χ0v) is 16.6. The fraction of sp³-hybridized carbons (Fsp3) is 0.150. The summed E-state index contributed by atoms with van der Waals surface area (Å²) in [5.41, 5.74) is 2.47. The van der Waals surface area contributed by atoms with E-state index in [9.17, 15) is 13.2 Å². The van der Waals surface area contributed by atoms with Gasteiger partial charge in [-0.3, -0.25) is 4.79 Å². The van der Waals surface area contributed by atoms with Crippen LogP contribution in [0.5, 0.6) is 0 Å². The second-order valence-corrected chi connectivity index (χ2v) is 9.80. The van der Waals surface area contributed by atoms with Crippen molar-refractivity contribution in [1.82, 2.24) is 5.32 Å². The summed E-state index contributed by atoms with van der Waals surface area (Å²) in [6.07, 6.45) is 0.700. The van der Waals surface area contributed by atoms with Gasteiger partial charge in [0, 0.05) is 22.0 Å². The van der Waals surface area contributed by atoms with E-state index in [1.807, 2.05) is 30.3 Å². The number of hydrogen-bond donors (Lipinski definition) is 1. The molecule has 0 aliphatic carbocycles. The highest BCUT2D eigenvalue weighted by atomic mass is 35.5. The van der Waals surface area contributed by atoms with Crippen molar-refractivity contribution < 1.29 is 13.2 Å². The number of benzene rings is 2. The second kappa shape index (κ2) is 7.11. The Hall–Kier alpha value is -2.15. The Morgan fingerprint density at radius 2 is 1.85 bits per heavy atom. The minimum Gasteiger partial charge on any atom is -0.351 e. The maximum atomic E-state index is 12.5. The summed E-state index contributed by atoms with van der Waals surface area (Å²) in [4.78, 5) is 14.2. The van der Waals surface area contributed by atoms with E-state index in [-0.39, 0.29) is 11.7 Å². The highest BCUT2D eigenvalue weighted by molar-refractivity contribution is 7.91. The Labute approximate surface area is 166 Å². The van der Waals surface area contributed by atoms with Crippen LogP contribution in [0.25, 0.3) is 10.4 Å². The first-order valence-corrected chi connectivity index (χ1v) is 11.3. The number of nitrogens with one attached hydrogen (secondary N) is 1. The number of fused-ring (bicyclic) bond motifs is 3. The van der Waals surface area contributed by atoms with Gasteiger partial charge < -0.3 is 5.32 Å². The molecule has 0 radical (unpaired) electrons. The SMILES string of the molecule is O=C(NCCc1ccc(Cl)cc1)c1cc2c(s1)-c1ccccc1S(=O)(=O)C2. The summed E-state index contributed by atoms with van der Waals surface area (Å²) >= 11 is 7.21. The lowest BCUT2D eigenvalue weighted by molar-refractivity contribution is 0.0958. The number of carbonyl (C=O) groups excluding carboxylic acids is 1. The van der Waals surface area contributed by atoms with Crippen molar-refractivity contribution in [3.8, 4) is 10.4 Å². The van der Waals surface area contributed by atoms with Crippen molar-refractivity contribution >= 4 is 38.7 Å². The molecule has 0 bridgehead atoms. The standard InChI is InChI=1S/C20H16ClNO3S2/c21-15-7-5-13(6-8-15)9-10-22-20(23)17-11-14-12-27(24,25)18-4-2-1-3-16(18)19(14)26-17/h1-8,11H,9-10,12H2,(H,22,23). The van der Waals surface area contributed by atoms with Crippen LogP contribution in [-0.2, 0) is 22.0 Å². The highest BCUT2D eigenvalue weighted by Crippen LogP contribution is 2.42. The molecule has 1 N–H and O–H groups in total. The van der Waals surface area contributed by atoms with Gasteiger partial charge >= 0.3 is 0 Å². The summed E-state index contributed by atoms with van der Waals surface area (Å²) < 4.78 is 24.9. The molecule has 0 spiro atoms. The van der Waals surface area contributed by atoms with Crippen LogP contribution in [0.4, 0.5) is 0 Å². The number of halogens is 1. The molecule has 1 aliphatic rings. The van der Waals surface area contributed by atoms with Gasteiger partial charge in [-0.2, -0.15) is 0 Å². The number of rotatable bonds is 4. The Balaban J connectivity index is 1.51. The quantitative estimate of drug-likeness (QED) is 0.687. The molecule has 1 amide bonds. The Kier molecular flexibility index (Phi) is 4.80. The van der Waals surface area contributed by atoms with Crippen LogP contribution in [0.15, 0.2) is 59.5 Å². The summed E-state index contributed by atoms with van der Waals surface area (Å²) in [5, 5.41) is 3.59. The van der Waals surface area contributed by atoms with Gasteiger partial charge in [0.25, 0.3) is 5.91 Å². The van der Waals surface area contributed by atoms with Crippen LogP contribution in [0.1, 0.15) is 20.8 Å². The van der Waals surface area contributed by atoms with Gasteiger partial charge in [-0.25, -0.2) is 8.42 Å². The molecule has 3 aromatic rings. The van der Waals surface area contributed by atoms with E-state index >= 15 is 0 Å². The van der Waals surface area contributed by atoms with Crippen molar-refractivity contribution in [1.29, 1.82) is 0 Å². The monoisotopic (exact) mass is 417 g/mol. The molecule has 0 fully saturated rings. The first-order valence-electron chi connectivity index (χ1n) is 8.41. The van der Waals surface area contributed by atoms with E-state index in [2.05, 4.69) is 5.32 Å². The van der Waals surface area contributed by atoms with Crippen molar-refractivity contribution in [3.05, 3.63) is 75.6 Å². The largest absolute Gasteiger partial charge is 0.351 e. The molecule has 4 rings (SSSR count). The van der Waals surface area contributed by atoms with Crippen LogP contribution in [0, 0.1) is 0 Å². The smallest absolute Gasteiger partial charge is 0.261 e. The number of hydrogen-bond acceptors (Lipinski definition) is 4. The van der Waals surface area contributed by atoms with Crippen LogP contribution in [0.3, 0.4) is 0 Å². The van der Waals surface area contributed by atoms with E-state index in [4.69, 9.17) is 11.6 Å². The minimum atomic E-state index is -3.36. The molecular formula is C20H16ClNO3S2. The van der Waals surface area contributed by atoms with E-state index in [0.29, 0.717) is 38.9 Å². The average molecular weight is 418 g/mol. The van der Waals surface area contributed by atoms with Gasteiger partial charge in [-0.1, -0.05) is 41.9 Å². The molecule has 1 aliphatic heterocycles. The van der Waals surface area contributed by atoms with Crippen molar-refractivity contribution in [3.63, 3.8) is 0 Å². The third kappa shape index (κ3) is 3.65. The Morgan fingerprint density at radius 1 is 1.11 bits per heavy atom. The number of thiophene rings is 1. The van der Waals surface area contributed by atoms with Crippen molar-refractivity contribution in [2.75, 3.05) is 6.54 Å². The summed E-state index contributed by atoms with van der Waals surface area (Å²) in [5.74, 6) is -0.244. The zero-order valence-electron chi connectivity index (χ0n) is 14.2. The van der Waals surface area contributed by atoms with Crippen LogP contribution < -0.4 is 5.32 Å². The van der Waals surface area contributed by atoms with E-state index < -0.39 is 9.84 Å². The van der Waals surface area contributed by atoms with Gasteiger partial charge in [0.2, 0.25) is 0 Å². The van der Waals surface area contributed by atoms with Gasteiger partial charge in [0.05, 0.1) is 15.5 Å². The number of sulfone groups is 1. The van der Waals surface area contributed by atoms with Gasteiger partial charge in [-0.15, -0.1) is 11.3 Å². The predicted molar refractivity (Wildman–Crippen MR) is 108 cm³/mol. The van der Waals surface area contributed by atoms with Crippen molar-refractivity contribution in [2.24, 2.45) is 0 Å². The molecule has 0 atom stereocenters. The molecule has 7 heteroatoms. The van der Waals surface area contributed by atoms with Gasteiger partial charge in [-0.05, 0) is 41.8 Å². The van der Waals surface area contributed by atoms with E-state index in [1.54, 1.807) is 24.3 Å². The van der Waals surface area contributed by atoms with Gasteiger partial charge in [0.15, 0.2) is 9.84 Å². The van der Waals surface area contributed by atoms with Crippen molar-refractivity contribution in [2.45, 2.75) is 17.1 Å². The first kappa shape index (κ1) is 18.2. The lowest BCUT2D eigenvalue weighted by Crippen LogP contribution is -2.24. The van der Waals surface area contributed by atoms with Crippen LogP contribution >= 0.6 is 22.9 Å². The highest BCUT2D eigenvalue weighted by Gasteiger charge is 2.30. The first-order chi connectivity index (χ1) is 12.9. The van der Waals surface area contributed by atoms with Gasteiger partial charge in [0.1, 0.15) is 0 Å². The van der Waals surface area contributed by atoms with Crippen LogP contribution in [0.2, 0.25) is 5.02 Å². The Morgan fingerprint density at radius 3 is 2.63 bits per heavy atom. The second-order valence-electron chi connectivity index (χ2n) is 6.35. The molecule has 0 saturated carbocycles. The topological polar surface area (TPSA) is 63.2 Å². The fourth-order valence-corrected chi connectivity index (χ4v) is 6.14. The van der Waals surface area contributed by atoms with E-state index in [1.165, 1.54) is 11.3 Å². The maximum Gasteiger partial charge on any atom is 0.261 e. The normalized spacial score (nSPS) is 14.3. The summed E-state index contributed by atoms with van der Waals surface area (Å²) in [7, 11) is -3.36. The molecule has 27 heavy (non-hydrogen) atoms. The average Bonchev–Trinajstić information content (AvgIpc) is 3.07. The summed E-state index contributed by atoms with van der Waals surface area (Å²) in [6, 6.07) is 16.2. The summed E-state index contributed by atoms with van der Waals surface area (Å²) in [6.45, 7) is 0.498. The molecule has 0 saturated heterocycles. The molecule has 2 aromatic carbocycles. The third-order valence-corrected chi connectivity index (χ3v) is 7.64. The molecular weight excluding hydrogens is 402 g/mol. The molecule has 1 aromatic heterocycles. The Bertz CT molecular complexity index is 1120. The maximum absolute atomic E-state index is 12.5. The minimum absolute atomic E-state index is 0.0616. The number of amides is 1. The lowest BCUT2D eigenvalue weighted by atomic mass is 10.1. The van der Waals surface area contributed by atoms with Crippen LogP contribution in [-0.4, -0.2) is 20.9 Å². The predicted octanol–water partition coefficient (Wildman–Crippen LogP) is 4.33. The fourth-order valence-electron chi connectivity index (χ4n) is 3.14. The third-order valence-electron chi connectivity index (χ3n) is 4.46. The number of carbonyl (C=O) groups is 1. The molecule has 138 valence electrons. The zero-order chi connectivity index (χ0) is 19.0. The lowest BCUT2D eigenvalue weighted by Gasteiger charge is -2.15.